The number of pyridine rings is 1. The highest BCUT2D eigenvalue weighted by molar-refractivity contribution is 7.89. The van der Waals surface area contributed by atoms with Crippen LogP contribution in [0, 0.1) is 5.82 Å². The van der Waals surface area contributed by atoms with Crippen LogP contribution in [0.3, 0.4) is 0 Å². The zero-order chi connectivity index (χ0) is 30.2. The minimum Gasteiger partial charge on any atom is -0.481 e. The van der Waals surface area contributed by atoms with Gasteiger partial charge in [-0.3, -0.25) is 9.78 Å². The lowest BCUT2D eigenvalue weighted by Crippen LogP contribution is -2.46. The number of benzene rings is 2. The molecule has 0 bridgehead atoms. The smallest absolute Gasteiger partial charge is 0.303 e. The molecule has 0 aliphatic rings. The second kappa shape index (κ2) is 14.3. The number of hydrogen-bond donors (Lipinski definition) is 3. The highest BCUT2D eigenvalue weighted by Crippen LogP contribution is 2.30. The van der Waals surface area contributed by atoms with Crippen LogP contribution < -0.4 is 5.32 Å². The molecule has 1 aromatic heterocycles. The number of nitrogens with one attached hydrogen (secondary N) is 1. The first kappa shape index (κ1) is 32.6. The highest BCUT2D eigenvalue weighted by atomic mass is 35.5. The van der Waals surface area contributed by atoms with Crippen LogP contribution in [0.5, 0.6) is 0 Å². The molecule has 0 saturated heterocycles. The third kappa shape index (κ3) is 9.58. The zero-order valence-corrected chi connectivity index (χ0v) is 25.1. The number of aromatic nitrogens is 1. The van der Waals surface area contributed by atoms with Gasteiger partial charge in [0.05, 0.1) is 28.1 Å². The molecule has 0 fully saturated rings. The van der Waals surface area contributed by atoms with Crippen molar-refractivity contribution in [3.8, 4) is 11.3 Å². The molecule has 3 rings (SSSR count). The topological polar surface area (TPSA) is 120 Å². The molecule has 0 spiro atoms. The number of aliphatic carboxylic acids is 1. The molecule has 3 aromatic rings. The molecule has 2 aromatic carbocycles. The number of rotatable bonds is 15. The molecule has 0 saturated carbocycles. The van der Waals surface area contributed by atoms with Crippen molar-refractivity contribution in [3.63, 3.8) is 0 Å². The zero-order valence-electron chi connectivity index (χ0n) is 23.5. The molecule has 0 radical (unpaired) electrons. The normalized spacial score (nSPS) is 13.0. The van der Waals surface area contributed by atoms with Crippen molar-refractivity contribution >= 4 is 27.6 Å². The van der Waals surface area contributed by atoms with Crippen molar-refractivity contribution in [2.45, 2.75) is 62.5 Å². The number of sulfonamides is 1. The predicted octanol–water partition coefficient (Wildman–Crippen LogP) is 4.93. The van der Waals surface area contributed by atoms with Crippen molar-refractivity contribution in [1.82, 2.24) is 14.6 Å². The Hall–Kier alpha value is -2.89. The van der Waals surface area contributed by atoms with Gasteiger partial charge in [0.1, 0.15) is 5.82 Å². The number of carboxylic acid groups (broad SMARTS) is 1. The van der Waals surface area contributed by atoms with Crippen LogP contribution >= 0.6 is 11.6 Å². The number of carbonyl (C=O) groups is 1. The van der Waals surface area contributed by atoms with Crippen LogP contribution in [0.25, 0.3) is 11.3 Å². The average Bonchev–Trinajstić information content (AvgIpc) is 2.92. The van der Waals surface area contributed by atoms with E-state index in [1.54, 1.807) is 36.4 Å². The van der Waals surface area contributed by atoms with E-state index in [2.05, 4.69) is 10.3 Å². The van der Waals surface area contributed by atoms with Crippen molar-refractivity contribution in [2.24, 2.45) is 0 Å². The van der Waals surface area contributed by atoms with Crippen molar-refractivity contribution in [3.05, 3.63) is 82.8 Å². The summed E-state index contributed by atoms with van der Waals surface area (Å²) >= 11 is 6.45. The number of nitrogens with zero attached hydrogens (tertiary/aromatic N) is 2. The monoisotopic (exact) mass is 605 g/mol. The van der Waals surface area contributed by atoms with Gasteiger partial charge in [0.2, 0.25) is 10.0 Å². The van der Waals surface area contributed by atoms with E-state index in [0.29, 0.717) is 28.9 Å². The molecule has 3 N–H and O–H groups in total. The summed E-state index contributed by atoms with van der Waals surface area (Å²) in [4.78, 5) is 15.3. The third-order valence-corrected chi connectivity index (χ3v) is 8.95. The quantitative estimate of drug-likeness (QED) is 0.225. The lowest BCUT2D eigenvalue weighted by molar-refractivity contribution is -0.136. The number of aliphatic hydroxyl groups excluding tert-OH is 1. The summed E-state index contributed by atoms with van der Waals surface area (Å²) in [5, 5.41) is 23.0. The second-order valence-electron chi connectivity index (χ2n) is 10.7. The number of carboxylic acids is 1. The van der Waals surface area contributed by atoms with E-state index in [4.69, 9.17) is 16.7 Å². The Kier molecular flexibility index (Phi) is 11.4. The second-order valence-corrected chi connectivity index (χ2v) is 13.2. The molecular weight excluding hydrogens is 569 g/mol. The van der Waals surface area contributed by atoms with Crippen molar-refractivity contribution in [1.29, 1.82) is 0 Å². The summed E-state index contributed by atoms with van der Waals surface area (Å²) < 4.78 is 41.4. The molecule has 8 nitrogen and oxygen atoms in total. The van der Waals surface area contributed by atoms with Gasteiger partial charge in [0, 0.05) is 43.4 Å². The highest BCUT2D eigenvalue weighted by Gasteiger charge is 2.26. The molecular formula is C30H37ClFN3O5S. The number of aliphatic hydroxyl groups is 1. The molecule has 0 aliphatic heterocycles. The Labute approximate surface area is 246 Å². The van der Waals surface area contributed by atoms with Gasteiger partial charge in [-0.1, -0.05) is 35.9 Å². The first-order valence-corrected chi connectivity index (χ1v) is 15.2. The number of β-amino-alcohol motifs (C(OH)–C–C–N with tert-alkyl or cyclic N) is 1. The molecule has 1 atom stereocenters. The number of hydrogen-bond acceptors (Lipinski definition) is 6. The third-order valence-electron chi connectivity index (χ3n) is 6.82. The van der Waals surface area contributed by atoms with Gasteiger partial charge in [0.15, 0.2) is 0 Å². The van der Waals surface area contributed by atoms with Crippen LogP contribution in [-0.2, 0) is 27.7 Å². The molecule has 11 heteroatoms. The maximum absolute atomic E-state index is 13.9. The van der Waals surface area contributed by atoms with Crippen molar-refractivity contribution in [2.75, 3.05) is 20.1 Å². The lowest BCUT2D eigenvalue weighted by atomic mass is 9.95. The average molecular weight is 606 g/mol. The molecule has 41 heavy (non-hydrogen) atoms. The maximum Gasteiger partial charge on any atom is 0.303 e. The summed E-state index contributed by atoms with van der Waals surface area (Å²) in [6.07, 6.45) is 1.35. The molecule has 1 unspecified atom stereocenters. The SMILES string of the molecule is CN(CC(O)CNC(C)(C)CCCc1ccccc1F)S(=O)(=O)c1ccc(-c2cccc(CCC(=O)O)n2)c(Cl)c1. The minimum atomic E-state index is -3.94. The standard InChI is InChI=1S/C30H37ClFN3O5S/c1-30(2,17-7-9-21-8-4-5-11-27(21)32)33-19-23(36)20-35(3)41(39,40)24-14-15-25(26(31)18-24)28-12-6-10-22(34-28)13-16-29(37)38/h4-6,8,10-12,14-15,18,23,33,36H,7,9,13,16-17,19-20H2,1-3H3,(H,37,38). The van der Waals surface area contributed by atoms with Gasteiger partial charge in [0.25, 0.3) is 0 Å². The van der Waals surface area contributed by atoms with E-state index in [1.807, 2.05) is 19.9 Å². The Morgan fingerprint density at radius 1 is 1.12 bits per heavy atom. The van der Waals surface area contributed by atoms with E-state index in [1.165, 1.54) is 25.2 Å². The van der Waals surface area contributed by atoms with E-state index in [0.717, 1.165) is 17.1 Å². The lowest BCUT2D eigenvalue weighted by Gasteiger charge is -2.29. The van der Waals surface area contributed by atoms with Gasteiger partial charge in [-0.25, -0.2) is 12.8 Å². The van der Waals surface area contributed by atoms with Crippen LogP contribution in [0.15, 0.2) is 65.6 Å². The minimum absolute atomic E-state index is 0.0237. The van der Waals surface area contributed by atoms with E-state index in [-0.39, 0.29) is 47.2 Å². The van der Waals surface area contributed by atoms with Crippen LogP contribution in [-0.4, -0.2) is 65.7 Å². The summed E-state index contributed by atoms with van der Waals surface area (Å²) in [7, 11) is -2.55. The number of halogens is 2. The Balaban J connectivity index is 1.57. The van der Waals surface area contributed by atoms with Crippen LogP contribution in [0.1, 0.15) is 44.4 Å². The Morgan fingerprint density at radius 3 is 2.54 bits per heavy atom. The number of likely N-dealkylation sites (N-methyl/N-ethyl adjacent to an activating group) is 1. The fraction of sp³-hybridized carbons (Fsp3) is 0.400. The Bertz CT molecular complexity index is 1450. The van der Waals surface area contributed by atoms with Gasteiger partial charge < -0.3 is 15.5 Å². The molecule has 0 amide bonds. The Morgan fingerprint density at radius 2 is 1.85 bits per heavy atom. The van der Waals surface area contributed by atoms with E-state index >= 15 is 0 Å². The van der Waals surface area contributed by atoms with Gasteiger partial charge in [-0.15, -0.1) is 0 Å². The fourth-order valence-corrected chi connectivity index (χ4v) is 5.99. The number of aryl methyl sites for hydroxylation is 2. The van der Waals surface area contributed by atoms with Gasteiger partial charge >= 0.3 is 5.97 Å². The molecule has 1 heterocycles. The maximum atomic E-state index is 13.9. The van der Waals surface area contributed by atoms with E-state index in [9.17, 15) is 22.7 Å². The van der Waals surface area contributed by atoms with Gasteiger partial charge in [-0.2, -0.15) is 4.31 Å². The fourth-order valence-electron chi connectivity index (χ4n) is 4.41. The molecule has 222 valence electrons. The van der Waals surface area contributed by atoms with Crippen LogP contribution in [0.2, 0.25) is 5.02 Å². The molecule has 0 aliphatic carbocycles. The summed E-state index contributed by atoms with van der Waals surface area (Å²) in [5.41, 5.74) is 1.95. The van der Waals surface area contributed by atoms with Crippen LogP contribution in [0.4, 0.5) is 4.39 Å². The first-order valence-electron chi connectivity index (χ1n) is 13.4. The van der Waals surface area contributed by atoms with Gasteiger partial charge in [-0.05, 0) is 75.1 Å². The van der Waals surface area contributed by atoms with Crippen molar-refractivity contribution < 1.29 is 27.8 Å². The summed E-state index contributed by atoms with van der Waals surface area (Å²) in [5.74, 6) is -1.14. The first-order chi connectivity index (χ1) is 19.3. The van der Waals surface area contributed by atoms with E-state index < -0.39 is 22.1 Å². The largest absolute Gasteiger partial charge is 0.481 e. The summed E-state index contributed by atoms with van der Waals surface area (Å²) in [6.45, 7) is 4.02. The summed E-state index contributed by atoms with van der Waals surface area (Å²) in [6, 6.07) is 16.2. The predicted molar refractivity (Wildman–Crippen MR) is 158 cm³/mol.